The number of nitrogens with one attached hydrogen (secondary N) is 1. The van der Waals surface area contributed by atoms with E-state index >= 15 is 0 Å². The van der Waals surface area contributed by atoms with Crippen molar-refractivity contribution in [3.05, 3.63) is 89.5 Å². The average molecular weight is 500 g/mol. The van der Waals surface area contributed by atoms with Gasteiger partial charge in [0, 0.05) is 41.3 Å². The zero-order valence-corrected chi connectivity index (χ0v) is 21.5. The molecule has 7 heteroatoms. The molecule has 184 valence electrons. The predicted octanol–water partition coefficient (Wildman–Crippen LogP) is 5.25. The Labute approximate surface area is 215 Å². The summed E-state index contributed by atoms with van der Waals surface area (Å²) in [6, 6.07) is 22.8. The van der Waals surface area contributed by atoms with Gasteiger partial charge in [0.2, 0.25) is 11.8 Å². The SMILES string of the molecule is CCc1ccc(N2C(=O)CSc3c(c4ccccc4n3C)C2C(=O)NCc2ccccc2OC)cc1. The van der Waals surface area contributed by atoms with Crippen LogP contribution in [0.25, 0.3) is 10.9 Å². The highest BCUT2D eigenvalue weighted by molar-refractivity contribution is 8.00. The van der Waals surface area contributed by atoms with Gasteiger partial charge in [0.05, 0.1) is 17.9 Å². The fraction of sp³-hybridized carbons (Fsp3) is 0.241. The molecule has 36 heavy (non-hydrogen) atoms. The van der Waals surface area contributed by atoms with Gasteiger partial charge in [-0.25, -0.2) is 0 Å². The number of aromatic nitrogens is 1. The number of ether oxygens (including phenoxy) is 1. The smallest absolute Gasteiger partial charge is 0.248 e. The normalized spacial score (nSPS) is 15.5. The molecule has 4 aromatic rings. The maximum absolute atomic E-state index is 14.0. The van der Waals surface area contributed by atoms with E-state index in [4.69, 9.17) is 4.74 Å². The lowest BCUT2D eigenvalue weighted by atomic mass is 10.0. The molecule has 6 nitrogen and oxygen atoms in total. The number of amides is 2. The molecule has 2 amide bonds. The number of benzene rings is 3. The molecule has 0 radical (unpaired) electrons. The van der Waals surface area contributed by atoms with E-state index in [9.17, 15) is 9.59 Å². The number of fused-ring (bicyclic) bond motifs is 3. The van der Waals surface area contributed by atoms with Crippen LogP contribution in [0.15, 0.2) is 77.8 Å². The molecule has 1 aliphatic rings. The lowest BCUT2D eigenvalue weighted by Gasteiger charge is -2.30. The first-order valence-corrected chi connectivity index (χ1v) is 13.0. The van der Waals surface area contributed by atoms with Crippen LogP contribution in [-0.2, 0) is 29.6 Å². The molecule has 1 aliphatic heterocycles. The van der Waals surface area contributed by atoms with Crippen LogP contribution < -0.4 is 15.0 Å². The highest BCUT2D eigenvalue weighted by Crippen LogP contribution is 2.43. The van der Waals surface area contributed by atoms with Crippen LogP contribution in [0, 0.1) is 0 Å². The second-order valence-corrected chi connectivity index (χ2v) is 9.76. The number of anilines is 1. The minimum atomic E-state index is -0.809. The van der Waals surface area contributed by atoms with E-state index in [1.54, 1.807) is 12.0 Å². The molecule has 0 aliphatic carbocycles. The van der Waals surface area contributed by atoms with E-state index < -0.39 is 6.04 Å². The van der Waals surface area contributed by atoms with Gasteiger partial charge in [-0.1, -0.05) is 67.2 Å². The molecule has 0 fully saturated rings. The fourth-order valence-corrected chi connectivity index (χ4v) is 5.94. The summed E-state index contributed by atoms with van der Waals surface area (Å²) in [7, 11) is 3.61. The van der Waals surface area contributed by atoms with Crippen molar-refractivity contribution in [1.29, 1.82) is 0 Å². The van der Waals surface area contributed by atoms with Crippen LogP contribution in [0.4, 0.5) is 5.69 Å². The van der Waals surface area contributed by atoms with E-state index in [2.05, 4.69) is 22.9 Å². The molecule has 1 aromatic heterocycles. The number of carbonyl (C=O) groups is 2. The summed E-state index contributed by atoms with van der Waals surface area (Å²) in [5, 5.41) is 5.01. The third-order valence-electron chi connectivity index (χ3n) is 6.74. The van der Waals surface area contributed by atoms with E-state index in [-0.39, 0.29) is 17.6 Å². The number of nitrogens with zero attached hydrogens (tertiary/aromatic N) is 2. The molecular weight excluding hydrogens is 470 g/mol. The molecule has 3 aromatic carbocycles. The molecule has 1 unspecified atom stereocenters. The van der Waals surface area contributed by atoms with Crippen LogP contribution in [0.2, 0.25) is 0 Å². The number of rotatable bonds is 6. The highest BCUT2D eigenvalue weighted by atomic mass is 32.2. The van der Waals surface area contributed by atoms with Crippen molar-refractivity contribution in [2.24, 2.45) is 7.05 Å². The standard InChI is InChI=1S/C29H29N3O3S/c1-4-19-13-15-21(16-14-19)32-25(33)18-36-29-26(22-10-6-7-11-23(22)31(29)2)27(32)28(34)30-17-20-9-5-8-12-24(20)35-3/h5-16,27H,4,17-18H2,1-3H3,(H,30,34). The predicted molar refractivity (Wildman–Crippen MR) is 145 cm³/mol. The summed E-state index contributed by atoms with van der Waals surface area (Å²) in [5.74, 6) is 0.641. The fourth-order valence-electron chi connectivity index (χ4n) is 4.87. The second-order valence-electron chi connectivity index (χ2n) is 8.80. The first kappa shape index (κ1) is 24.0. The van der Waals surface area contributed by atoms with Crippen LogP contribution in [-0.4, -0.2) is 29.2 Å². The van der Waals surface area contributed by atoms with E-state index in [1.165, 1.54) is 17.3 Å². The van der Waals surface area contributed by atoms with Crippen molar-refractivity contribution < 1.29 is 14.3 Å². The van der Waals surface area contributed by atoms with Crippen LogP contribution in [0.1, 0.15) is 29.7 Å². The molecule has 0 bridgehead atoms. The Morgan fingerprint density at radius 1 is 1.06 bits per heavy atom. The largest absolute Gasteiger partial charge is 0.496 e. The third-order valence-corrected chi connectivity index (χ3v) is 7.90. The Balaban J connectivity index is 1.62. The Morgan fingerprint density at radius 3 is 2.53 bits per heavy atom. The van der Waals surface area contributed by atoms with Gasteiger partial charge in [-0.05, 0) is 36.2 Å². The van der Waals surface area contributed by atoms with Crippen molar-refractivity contribution in [1.82, 2.24) is 9.88 Å². The third kappa shape index (κ3) is 4.24. The monoisotopic (exact) mass is 499 g/mol. The quantitative estimate of drug-likeness (QED) is 0.394. The number of carbonyl (C=O) groups excluding carboxylic acids is 2. The summed E-state index contributed by atoms with van der Waals surface area (Å²) in [6.07, 6.45) is 0.903. The Hall–Kier alpha value is -3.71. The van der Waals surface area contributed by atoms with E-state index in [0.717, 1.165) is 39.2 Å². The molecule has 5 rings (SSSR count). The molecule has 1 atom stereocenters. The Morgan fingerprint density at radius 2 is 1.78 bits per heavy atom. The van der Waals surface area contributed by atoms with Gasteiger partial charge in [0.25, 0.3) is 0 Å². The summed E-state index contributed by atoms with van der Waals surface area (Å²) >= 11 is 1.49. The van der Waals surface area contributed by atoms with Crippen LogP contribution in [0.5, 0.6) is 5.75 Å². The molecule has 0 saturated carbocycles. The van der Waals surface area contributed by atoms with E-state index in [0.29, 0.717) is 12.3 Å². The van der Waals surface area contributed by atoms with Crippen molar-refractivity contribution >= 4 is 40.2 Å². The van der Waals surface area contributed by atoms with Crippen LogP contribution >= 0.6 is 11.8 Å². The van der Waals surface area contributed by atoms with Gasteiger partial charge in [-0.2, -0.15) is 0 Å². The number of hydrogen-bond donors (Lipinski definition) is 1. The number of aryl methyl sites for hydroxylation is 2. The van der Waals surface area contributed by atoms with Crippen LogP contribution in [0.3, 0.4) is 0 Å². The Kier molecular flexibility index (Phi) is 6.74. The van der Waals surface area contributed by atoms with Gasteiger partial charge in [0.15, 0.2) is 0 Å². The topological polar surface area (TPSA) is 63.6 Å². The Bertz CT molecular complexity index is 1430. The van der Waals surface area contributed by atoms with Gasteiger partial charge in [-0.15, -0.1) is 0 Å². The first-order valence-electron chi connectivity index (χ1n) is 12.0. The van der Waals surface area contributed by atoms with Gasteiger partial charge < -0.3 is 14.6 Å². The number of thioether (sulfide) groups is 1. The van der Waals surface area contributed by atoms with Gasteiger partial charge in [-0.3, -0.25) is 14.5 Å². The zero-order chi connectivity index (χ0) is 25.2. The van der Waals surface area contributed by atoms with Gasteiger partial charge in [0.1, 0.15) is 11.8 Å². The maximum atomic E-state index is 14.0. The molecular formula is C29H29N3O3S. The first-order chi connectivity index (χ1) is 17.5. The summed E-state index contributed by atoms with van der Waals surface area (Å²) in [5.41, 5.74) is 4.67. The minimum absolute atomic E-state index is 0.0954. The average Bonchev–Trinajstić information content (AvgIpc) is 3.09. The highest BCUT2D eigenvalue weighted by Gasteiger charge is 2.39. The van der Waals surface area contributed by atoms with Crippen molar-refractivity contribution in [2.75, 3.05) is 17.8 Å². The summed E-state index contributed by atoms with van der Waals surface area (Å²) in [4.78, 5) is 29.3. The molecule has 1 N–H and O–H groups in total. The number of methoxy groups -OCH3 is 1. The van der Waals surface area contributed by atoms with Gasteiger partial charge >= 0.3 is 0 Å². The minimum Gasteiger partial charge on any atom is -0.496 e. The van der Waals surface area contributed by atoms with Crippen molar-refractivity contribution in [2.45, 2.75) is 31.0 Å². The number of para-hydroxylation sites is 2. The summed E-state index contributed by atoms with van der Waals surface area (Å²) in [6.45, 7) is 2.39. The molecule has 2 heterocycles. The lowest BCUT2D eigenvalue weighted by molar-refractivity contribution is -0.125. The lowest BCUT2D eigenvalue weighted by Crippen LogP contribution is -2.43. The number of hydrogen-bond acceptors (Lipinski definition) is 4. The molecule has 0 spiro atoms. The zero-order valence-electron chi connectivity index (χ0n) is 20.7. The van der Waals surface area contributed by atoms with E-state index in [1.807, 2.05) is 73.8 Å². The maximum Gasteiger partial charge on any atom is 0.248 e. The van der Waals surface area contributed by atoms with Crippen molar-refractivity contribution in [3.8, 4) is 5.75 Å². The molecule has 0 saturated heterocycles. The van der Waals surface area contributed by atoms with Crippen molar-refractivity contribution in [3.63, 3.8) is 0 Å². The summed E-state index contributed by atoms with van der Waals surface area (Å²) < 4.78 is 7.56. The second kappa shape index (κ2) is 10.1.